The van der Waals surface area contributed by atoms with Gasteiger partial charge in [-0.2, -0.15) is 0 Å². The van der Waals surface area contributed by atoms with Gasteiger partial charge in [-0.15, -0.1) is 0 Å². The van der Waals surface area contributed by atoms with E-state index in [4.69, 9.17) is 5.11 Å². The molecule has 1 atom stereocenters. The first-order valence-electron chi connectivity index (χ1n) is 5.02. The SMILES string of the molecule is CC1(C)CC(=O)N(CC(O)C(F)F)C(=O)C1. The van der Waals surface area contributed by atoms with Crippen molar-refractivity contribution in [2.75, 3.05) is 6.54 Å². The Bertz CT molecular complexity index is 284. The van der Waals surface area contributed by atoms with Crippen LogP contribution in [0, 0.1) is 5.41 Å². The van der Waals surface area contributed by atoms with Gasteiger partial charge in [-0.25, -0.2) is 8.78 Å². The van der Waals surface area contributed by atoms with Crippen molar-refractivity contribution >= 4 is 11.8 Å². The van der Waals surface area contributed by atoms with E-state index in [1.165, 1.54) is 0 Å². The van der Waals surface area contributed by atoms with E-state index in [9.17, 15) is 18.4 Å². The molecule has 0 spiro atoms. The highest BCUT2D eigenvalue weighted by molar-refractivity contribution is 5.98. The third-order valence-electron chi connectivity index (χ3n) is 2.52. The molecule has 1 N–H and O–H groups in total. The smallest absolute Gasteiger partial charge is 0.265 e. The summed E-state index contributed by atoms with van der Waals surface area (Å²) in [5.74, 6) is -0.998. The lowest BCUT2D eigenvalue weighted by molar-refractivity contribution is -0.155. The largest absolute Gasteiger partial charge is 0.385 e. The Morgan fingerprint density at radius 3 is 2.12 bits per heavy atom. The summed E-state index contributed by atoms with van der Waals surface area (Å²) in [6, 6.07) is 0. The summed E-state index contributed by atoms with van der Waals surface area (Å²) in [5.41, 5.74) is -0.430. The summed E-state index contributed by atoms with van der Waals surface area (Å²) >= 11 is 0. The summed E-state index contributed by atoms with van der Waals surface area (Å²) in [7, 11) is 0. The minimum absolute atomic E-state index is 0.134. The normalized spacial score (nSPS) is 22.8. The number of rotatable bonds is 3. The van der Waals surface area contributed by atoms with Crippen molar-refractivity contribution in [2.45, 2.75) is 39.2 Å². The third kappa shape index (κ3) is 2.98. The van der Waals surface area contributed by atoms with Crippen LogP contribution in [0.1, 0.15) is 26.7 Å². The molecule has 0 aliphatic carbocycles. The Morgan fingerprint density at radius 2 is 1.75 bits per heavy atom. The lowest BCUT2D eigenvalue weighted by Crippen LogP contribution is -2.50. The minimum atomic E-state index is -2.95. The molecule has 2 amide bonds. The van der Waals surface area contributed by atoms with Crippen molar-refractivity contribution in [3.63, 3.8) is 0 Å². The molecule has 1 aliphatic rings. The maximum Gasteiger partial charge on any atom is 0.265 e. The number of aliphatic hydroxyl groups is 1. The number of halogens is 2. The van der Waals surface area contributed by atoms with Crippen LogP contribution in [0.4, 0.5) is 8.78 Å². The fourth-order valence-corrected chi connectivity index (χ4v) is 1.68. The van der Waals surface area contributed by atoms with E-state index in [0.717, 1.165) is 4.90 Å². The maximum atomic E-state index is 12.1. The van der Waals surface area contributed by atoms with Crippen LogP contribution in [-0.2, 0) is 9.59 Å². The molecule has 0 radical (unpaired) electrons. The van der Waals surface area contributed by atoms with Crippen molar-refractivity contribution in [1.29, 1.82) is 0 Å². The van der Waals surface area contributed by atoms with Crippen LogP contribution >= 0.6 is 0 Å². The van der Waals surface area contributed by atoms with Gasteiger partial charge >= 0.3 is 0 Å². The van der Waals surface area contributed by atoms with E-state index in [2.05, 4.69) is 0 Å². The zero-order valence-electron chi connectivity index (χ0n) is 9.24. The average Bonchev–Trinajstić information content (AvgIpc) is 2.09. The molecule has 1 heterocycles. The second-order valence-corrected chi connectivity index (χ2v) is 4.82. The number of alkyl halides is 2. The summed E-state index contributed by atoms with van der Waals surface area (Å²) in [6.07, 6.45) is -4.65. The molecular formula is C10H15F2NO3. The number of carbonyl (C=O) groups excluding carboxylic acids is 2. The Labute approximate surface area is 92.2 Å². The van der Waals surface area contributed by atoms with Crippen LogP contribution in [0.5, 0.6) is 0 Å². The van der Waals surface area contributed by atoms with Crippen LogP contribution in [0.15, 0.2) is 0 Å². The van der Waals surface area contributed by atoms with Gasteiger partial charge in [0.25, 0.3) is 6.43 Å². The van der Waals surface area contributed by atoms with Gasteiger partial charge in [0, 0.05) is 12.8 Å². The molecular weight excluding hydrogens is 220 g/mol. The molecule has 6 heteroatoms. The molecule has 0 aromatic heterocycles. The number of likely N-dealkylation sites (tertiary alicyclic amines) is 1. The lowest BCUT2D eigenvalue weighted by Gasteiger charge is -2.35. The van der Waals surface area contributed by atoms with Gasteiger partial charge in [0.15, 0.2) is 0 Å². The number of imide groups is 1. The number of aliphatic hydroxyl groups excluding tert-OH is 1. The standard InChI is InChI=1S/C10H15F2NO3/c1-10(2)3-7(15)13(8(16)4-10)5-6(14)9(11)12/h6,9,14H,3-5H2,1-2H3. The molecule has 0 saturated carbocycles. The monoisotopic (exact) mass is 235 g/mol. The van der Waals surface area contributed by atoms with E-state index in [1.54, 1.807) is 13.8 Å². The lowest BCUT2D eigenvalue weighted by atomic mass is 9.81. The van der Waals surface area contributed by atoms with Crippen molar-refractivity contribution in [2.24, 2.45) is 5.41 Å². The molecule has 92 valence electrons. The first-order valence-corrected chi connectivity index (χ1v) is 5.02. The fraction of sp³-hybridized carbons (Fsp3) is 0.800. The van der Waals surface area contributed by atoms with Crippen molar-refractivity contribution in [3.05, 3.63) is 0 Å². The van der Waals surface area contributed by atoms with E-state index in [1.807, 2.05) is 0 Å². The van der Waals surface area contributed by atoms with Crippen LogP contribution in [0.25, 0.3) is 0 Å². The number of hydrogen-bond donors (Lipinski definition) is 1. The van der Waals surface area contributed by atoms with Crippen LogP contribution in [0.2, 0.25) is 0 Å². The highest BCUT2D eigenvalue weighted by Crippen LogP contribution is 2.31. The number of β-amino-alcohol motifs (C(OH)–C–C–N with tert-alkyl or cyclic N) is 1. The van der Waals surface area contributed by atoms with E-state index in [0.29, 0.717) is 0 Å². The summed E-state index contributed by atoms with van der Waals surface area (Å²) < 4.78 is 24.2. The second-order valence-electron chi connectivity index (χ2n) is 4.82. The van der Waals surface area contributed by atoms with E-state index >= 15 is 0 Å². The first-order chi connectivity index (χ1) is 7.23. The third-order valence-corrected chi connectivity index (χ3v) is 2.52. The Hall–Kier alpha value is -1.04. The van der Waals surface area contributed by atoms with Crippen LogP contribution < -0.4 is 0 Å². The second kappa shape index (κ2) is 4.45. The maximum absolute atomic E-state index is 12.1. The van der Waals surface area contributed by atoms with Gasteiger partial charge in [0.2, 0.25) is 11.8 Å². The van der Waals surface area contributed by atoms with Gasteiger partial charge < -0.3 is 5.11 Å². The first kappa shape index (κ1) is 13.0. The molecule has 0 aromatic carbocycles. The zero-order chi connectivity index (χ0) is 12.5. The molecule has 1 saturated heterocycles. The quantitative estimate of drug-likeness (QED) is 0.736. The Morgan fingerprint density at radius 1 is 1.31 bits per heavy atom. The van der Waals surface area contributed by atoms with Gasteiger partial charge in [-0.3, -0.25) is 14.5 Å². The minimum Gasteiger partial charge on any atom is -0.385 e. The van der Waals surface area contributed by atoms with E-state index < -0.39 is 36.3 Å². The number of amides is 2. The molecule has 0 aromatic rings. The molecule has 0 bridgehead atoms. The van der Waals surface area contributed by atoms with Crippen LogP contribution in [0.3, 0.4) is 0 Å². The van der Waals surface area contributed by atoms with E-state index in [-0.39, 0.29) is 12.8 Å². The highest BCUT2D eigenvalue weighted by Gasteiger charge is 2.38. The average molecular weight is 235 g/mol. The molecule has 16 heavy (non-hydrogen) atoms. The number of piperidine rings is 1. The predicted octanol–water partition coefficient (Wildman–Crippen LogP) is 0.788. The topological polar surface area (TPSA) is 57.6 Å². The Kier molecular flexibility index (Phi) is 3.62. The number of carbonyl (C=O) groups is 2. The molecule has 1 rings (SSSR count). The predicted molar refractivity (Wildman–Crippen MR) is 51.7 cm³/mol. The van der Waals surface area contributed by atoms with Gasteiger partial charge in [0.1, 0.15) is 6.10 Å². The number of nitrogens with zero attached hydrogens (tertiary/aromatic N) is 1. The molecule has 1 unspecified atom stereocenters. The van der Waals surface area contributed by atoms with Crippen molar-refractivity contribution in [3.8, 4) is 0 Å². The highest BCUT2D eigenvalue weighted by atomic mass is 19.3. The fourth-order valence-electron chi connectivity index (χ4n) is 1.68. The Balaban J connectivity index is 2.68. The summed E-state index contributed by atoms with van der Waals surface area (Å²) in [4.78, 5) is 23.8. The van der Waals surface area contributed by atoms with Crippen molar-refractivity contribution < 1.29 is 23.5 Å². The van der Waals surface area contributed by atoms with Gasteiger partial charge in [0.05, 0.1) is 6.54 Å². The molecule has 1 fully saturated rings. The summed E-state index contributed by atoms with van der Waals surface area (Å²) in [5, 5.41) is 8.95. The number of hydrogen-bond acceptors (Lipinski definition) is 3. The van der Waals surface area contributed by atoms with Gasteiger partial charge in [-0.1, -0.05) is 13.8 Å². The van der Waals surface area contributed by atoms with Crippen LogP contribution in [-0.4, -0.2) is 40.9 Å². The molecule has 4 nitrogen and oxygen atoms in total. The van der Waals surface area contributed by atoms with Crippen molar-refractivity contribution in [1.82, 2.24) is 4.90 Å². The zero-order valence-corrected chi connectivity index (χ0v) is 9.24. The summed E-state index contributed by atoms with van der Waals surface area (Å²) in [6.45, 7) is 2.92. The molecule has 1 aliphatic heterocycles. The van der Waals surface area contributed by atoms with Gasteiger partial charge in [-0.05, 0) is 5.41 Å².